The summed E-state index contributed by atoms with van der Waals surface area (Å²) in [4.78, 5) is 11.9. The van der Waals surface area contributed by atoms with E-state index < -0.39 is 0 Å². The largest absolute Gasteiger partial charge is 0.508 e. The molecule has 1 aliphatic rings. The molecule has 1 aromatic carbocycles. The molecule has 0 radical (unpaired) electrons. The number of aromatic hydroxyl groups is 1. The summed E-state index contributed by atoms with van der Waals surface area (Å²) in [5.41, 5.74) is 1.65. The van der Waals surface area contributed by atoms with E-state index in [1.165, 1.54) is 0 Å². The number of nitrogens with one attached hydrogen (secondary N) is 1. The van der Waals surface area contributed by atoms with E-state index >= 15 is 0 Å². The van der Waals surface area contributed by atoms with Crippen molar-refractivity contribution in [2.75, 3.05) is 5.32 Å². The van der Waals surface area contributed by atoms with Crippen LogP contribution in [-0.2, 0) is 4.79 Å². The zero-order valence-corrected chi connectivity index (χ0v) is 9.94. The van der Waals surface area contributed by atoms with E-state index in [-0.39, 0.29) is 17.5 Å². The lowest BCUT2D eigenvalue weighted by Gasteiger charge is -2.19. The van der Waals surface area contributed by atoms with Crippen LogP contribution in [0.1, 0.15) is 26.2 Å². The van der Waals surface area contributed by atoms with Gasteiger partial charge in [-0.2, -0.15) is 0 Å². The molecule has 2 rings (SSSR count). The number of carbonyl (C=O) groups excluding carboxylic acids is 1. The Morgan fingerprint density at radius 1 is 1.47 bits per heavy atom. The van der Waals surface area contributed by atoms with Gasteiger partial charge in [-0.15, -0.1) is 0 Å². The molecule has 3 heteroatoms. The van der Waals surface area contributed by atoms with Gasteiger partial charge in [0.05, 0.1) is 0 Å². The highest BCUT2D eigenvalue weighted by Crippen LogP contribution is 2.25. The smallest absolute Gasteiger partial charge is 0.163 e. The monoisotopic (exact) mass is 231 g/mol. The summed E-state index contributed by atoms with van der Waals surface area (Å²) < 4.78 is 0. The Morgan fingerprint density at radius 3 is 3.06 bits per heavy atom. The van der Waals surface area contributed by atoms with E-state index in [1.807, 2.05) is 13.0 Å². The Bertz CT molecular complexity index is 451. The quantitative estimate of drug-likeness (QED) is 0.769. The Morgan fingerprint density at radius 2 is 2.29 bits per heavy atom. The molecule has 0 amide bonds. The van der Waals surface area contributed by atoms with Crippen molar-refractivity contribution in [3.05, 3.63) is 36.0 Å². The van der Waals surface area contributed by atoms with Crippen LogP contribution in [-0.4, -0.2) is 10.9 Å². The van der Waals surface area contributed by atoms with Crippen LogP contribution in [0, 0.1) is 5.92 Å². The van der Waals surface area contributed by atoms with Crippen molar-refractivity contribution in [3.63, 3.8) is 0 Å². The number of rotatable bonds is 2. The number of allylic oxidation sites excluding steroid dienone is 1. The number of ketones is 1. The molecule has 1 aliphatic carbocycles. The third kappa shape index (κ3) is 2.87. The second kappa shape index (κ2) is 5.04. The summed E-state index contributed by atoms with van der Waals surface area (Å²) in [5.74, 6) is 0.599. The van der Waals surface area contributed by atoms with E-state index in [0.717, 1.165) is 30.5 Å². The van der Waals surface area contributed by atoms with Gasteiger partial charge in [-0.05, 0) is 31.4 Å². The van der Waals surface area contributed by atoms with Crippen molar-refractivity contribution >= 4 is 11.5 Å². The molecule has 1 aromatic rings. The van der Waals surface area contributed by atoms with Gasteiger partial charge in [0.2, 0.25) is 0 Å². The first kappa shape index (κ1) is 11.7. The Kier molecular flexibility index (Phi) is 3.47. The average Bonchev–Trinajstić information content (AvgIpc) is 2.31. The van der Waals surface area contributed by atoms with Crippen LogP contribution in [0.15, 0.2) is 36.0 Å². The van der Waals surface area contributed by atoms with E-state index in [1.54, 1.807) is 24.4 Å². The summed E-state index contributed by atoms with van der Waals surface area (Å²) in [7, 11) is 0. The van der Waals surface area contributed by atoms with Crippen LogP contribution in [0.5, 0.6) is 5.75 Å². The second-order valence-electron chi connectivity index (χ2n) is 4.52. The van der Waals surface area contributed by atoms with Crippen molar-refractivity contribution in [3.8, 4) is 5.75 Å². The van der Waals surface area contributed by atoms with Crippen molar-refractivity contribution in [1.82, 2.24) is 0 Å². The maximum absolute atomic E-state index is 11.9. The molecule has 0 bridgehead atoms. The zero-order valence-electron chi connectivity index (χ0n) is 9.94. The zero-order chi connectivity index (χ0) is 12.3. The molecule has 1 fully saturated rings. The first-order chi connectivity index (χ1) is 8.16. The third-order valence-corrected chi connectivity index (χ3v) is 3.11. The van der Waals surface area contributed by atoms with Gasteiger partial charge in [0, 0.05) is 29.4 Å². The molecular weight excluding hydrogens is 214 g/mol. The first-order valence-electron chi connectivity index (χ1n) is 5.95. The minimum Gasteiger partial charge on any atom is -0.508 e. The average molecular weight is 231 g/mol. The number of benzene rings is 1. The molecule has 0 unspecified atom stereocenters. The number of hydrogen-bond donors (Lipinski definition) is 2. The minimum atomic E-state index is 0.140. The standard InChI is InChI=1S/C14H17NO2/c1-10-4-2-5-11(14(10)17)9-15-12-6-3-7-13(16)8-12/h3,6-10,15-16H,2,4-5H2,1H3/b11-9-/t10-/m1/s1. The molecule has 0 aliphatic heterocycles. The van der Waals surface area contributed by atoms with Gasteiger partial charge in [0.25, 0.3) is 0 Å². The summed E-state index contributed by atoms with van der Waals surface area (Å²) in [6, 6.07) is 6.87. The van der Waals surface area contributed by atoms with Gasteiger partial charge in [-0.3, -0.25) is 4.79 Å². The maximum atomic E-state index is 11.9. The van der Waals surface area contributed by atoms with Crippen molar-refractivity contribution in [2.45, 2.75) is 26.2 Å². The Balaban J connectivity index is 2.07. The van der Waals surface area contributed by atoms with Gasteiger partial charge in [0.1, 0.15) is 5.75 Å². The summed E-state index contributed by atoms with van der Waals surface area (Å²) in [6.45, 7) is 1.98. The molecule has 0 saturated heterocycles. The fourth-order valence-corrected chi connectivity index (χ4v) is 2.08. The van der Waals surface area contributed by atoms with Gasteiger partial charge >= 0.3 is 0 Å². The fraction of sp³-hybridized carbons (Fsp3) is 0.357. The fourth-order valence-electron chi connectivity index (χ4n) is 2.08. The lowest BCUT2D eigenvalue weighted by molar-refractivity contribution is -0.119. The minimum absolute atomic E-state index is 0.140. The first-order valence-corrected chi connectivity index (χ1v) is 5.95. The van der Waals surface area contributed by atoms with Crippen LogP contribution in [0.2, 0.25) is 0 Å². The predicted molar refractivity (Wildman–Crippen MR) is 67.8 cm³/mol. The van der Waals surface area contributed by atoms with Gasteiger partial charge in [-0.1, -0.05) is 13.0 Å². The van der Waals surface area contributed by atoms with Gasteiger partial charge in [0.15, 0.2) is 5.78 Å². The topological polar surface area (TPSA) is 49.3 Å². The lowest BCUT2D eigenvalue weighted by Crippen LogP contribution is -2.19. The normalized spacial score (nSPS) is 22.8. The molecule has 2 N–H and O–H groups in total. The summed E-state index contributed by atoms with van der Waals surface area (Å²) >= 11 is 0. The van der Waals surface area contributed by atoms with Crippen LogP contribution < -0.4 is 5.32 Å². The van der Waals surface area contributed by atoms with Crippen LogP contribution >= 0.6 is 0 Å². The molecule has 17 heavy (non-hydrogen) atoms. The van der Waals surface area contributed by atoms with E-state index in [0.29, 0.717) is 0 Å². The third-order valence-electron chi connectivity index (χ3n) is 3.11. The molecule has 1 saturated carbocycles. The molecular formula is C14H17NO2. The maximum Gasteiger partial charge on any atom is 0.163 e. The van der Waals surface area contributed by atoms with Crippen LogP contribution in [0.4, 0.5) is 5.69 Å². The highest BCUT2D eigenvalue weighted by Gasteiger charge is 2.22. The molecule has 0 heterocycles. The number of phenols is 1. The van der Waals surface area contributed by atoms with Crippen molar-refractivity contribution < 1.29 is 9.90 Å². The highest BCUT2D eigenvalue weighted by atomic mass is 16.3. The van der Waals surface area contributed by atoms with Crippen LogP contribution in [0.25, 0.3) is 0 Å². The van der Waals surface area contributed by atoms with E-state index in [4.69, 9.17) is 0 Å². The van der Waals surface area contributed by atoms with Gasteiger partial charge in [-0.25, -0.2) is 0 Å². The number of Topliss-reactive ketones (excluding diaryl/α,β-unsaturated/α-hetero) is 1. The molecule has 90 valence electrons. The van der Waals surface area contributed by atoms with Crippen molar-refractivity contribution in [2.24, 2.45) is 5.92 Å². The predicted octanol–water partition coefficient (Wildman–Crippen LogP) is 3.08. The highest BCUT2D eigenvalue weighted by molar-refractivity contribution is 5.97. The molecule has 0 aromatic heterocycles. The summed E-state index contributed by atoms with van der Waals surface area (Å²) in [6.07, 6.45) is 4.67. The van der Waals surface area contributed by atoms with E-state index in [9.17, 15) is 9.90 Å². The summed E-state index contributed by atoms with van der Waals surface area (Å²) in [5, 5.41) is 12.4. The number of phenolic OH excluding ortho intramolecular Hbond substituents is 1. The number of anilines is 1. The van der Waals surface area contributed by atoms with Gasteiger partial charge < -0.3 is 10.4 Å². The van der Waals surface area contributed by atoms with E-state index in [2.05, 4.69) is 5.32 Å². The molecule has 1 atom stereocenters. The Hall–Kier alpha value is -1.77. The number of carbonyl (C=O) groups is 1. The lowest BCUT2D eigenvalue weighted by atomic mass is 9.86. The van der Waals surface area contributed by atoms with Crippen molar-refractivity contribution in [1.29, 1.82) is 0 Å². The molecule has 3 nitrogen and oxygen atoms in total. The SMILES string of the molecule is C[C@@H]1CCC/C(=C/Nc2cccc(O)c2)C1=O. The van der Waals surface area contributed by atoms with Crippen LogP contribution in [0.3, 0.4) is 0 Å². The number of hydrogen-bond acceptors (Lipinski definition) is 3. The molecule has 0 spiro atoms. The Labute approximate surface area is 101 Å². The second-order valence-corrected chi connectivity index (χ2v) is 4.52.